The summed E-state index contributed by atoms with van der Waals surface area (Å²) in [4.78, 5) is 16.4. The summed E-state index contributed by atoms with van der Waals surface area (Å²) in [5.74, 6) is -0.739. The van der Waals surface area contributed by atoms with E-state index in [0.717, 1.165) is 37.8 Å². The van der Waals surface area contributed by atoms with E-state index >= 15 is 0 Å². The molecule has 4 heteroatoms. The molecule has 1 N–H and O–H groups in total. The van der Waals surface area contributed by atoms with E-state index in [9.17, 15) is 9.90 Å². The second-order valence-corrected chi connectivity index (χ2v) is 6.52. The van der Waals surface area contributed by atoms with Crippen LogP contribution in [0.2, 0.25) is 0 Å². The molecule has 1 saturated carbocycles. The number of rotatable bonds is 4. The lowest BCUT2D eigenvalue weighted by Crippen LogP contribution is -2.52. The number of hydrogen-bond donors (Lipinski definition) is 1. The predicted molar refractivity (Wildman–Crippen MR) is 86.8 cm³/mol. The van der Waals surface area contributed by atoms with Crippen LogP contribution in [-0.2, 0) is 4.79 Å². The highest BCUT2D eigenvalue weighted by atomic mass is 16.4. The quantitative estimate of drug-likeness (QED) is 0.929. The Balaban J connectivity index is 1.62. The van der Waals surface area contributed by atoms with Crippen LogP contribution in [0, 0.1) is 0 Å². The van der Waals surface area contributed by atoms with E-state index in [1.165, 1.54) is 32.1 Å². The van der Waals surface area contributed by atoms with Crippen LogP contribution in [0.25, 0.3) is 0 Å². The van der Waals surface area contributed by atoms with E-state index < -0.39 is 12.0 Å². The lowest BCUT2D eigenvalue weighted by atomic mass is 9.93. The number of nitrogens with zero attached hydrogens (tertiary/aromatic N) is 2. The molecule has 1 aromatic rings. The molecule has 0 bridgehead atoms. The molecule has 1 heterocycles. The molecule has 0 aromatic heterocycles. The van der Waals surface area contributed by atoms with E-state index in [2.05, 4.69) is 9.80 Å². The fraction of sp³-hybridized carbons (Fsp3) is 0.611. The molecule has 1 atom stereocenters. The minimum absolute atomic E-state index is 0.505. The fourth-order valence-corrected chi connectivity index (χ4v) is 3.95. The summed E-state index contributed by atoms with van der Waals surface area (Å²) in [5, 5.41) is 9.64. The second-order valence-electron chi connectivity index (χ2n) is 6.52. The topological polar surface area (TPSA) is 43.8 Å². The van der Waals surface area contributed by atoms with E-state index in [0.29, 0.717) is 0 Å². The minimum Gasteiger partial charge on any atom is -0.480 e. The van der Waals surface area contributed by atoms with Gasteiger partial charge >= 0.3 is 5.97 Å². The van der Waals surface area contributed by atoms with Crippen LogP contribution in [0.15, 0.2) is 30.3 Å². The molecule has 2 aliphatic rings. The summed E-state index contributed by atoms with van der Waals surface area (Å²) >= 11 is 0. The van der Waals surface area contributed by atoms with Crippen molar-refractivity contribution in [2.24, 2.45) is 0 Å². The highest BCUT2D eigenvalue weighted by Crippen LogP contribution is 2.26. The molecule has 2 fully saturated rings. The molecule has 3 rings (SSSR count). The second kappa shape index (κ2) is 7.25. The van der Waals surface area contributed by atoms with Crippen molar-refractivity contribution in [3.63, 3.8) is 0 Å². The average molecular weight is 302 g/mol. The smallest absolute Gasteiger partial charge is 0.325 e. The Kier molecular flexibility index (Phi) is 5.11. The van der Waals surface area contributed by atoms with Gasteiger partial charge in [0.1, 0.15) is 6.04 Å². The van der Waals surface area contributed by atoms with Gasteiger partial charge in [-0.2, -0.15) is 0 Å². The van der Waals surface area contributed by atoms with Crippen LogP contribution in [0.3, 0.4) is 0 Å². The van der Waals surface area contributed by atoms with Gasteiger partial charge in [-0.3, -0.25) is 14.6 Å². The SMILES string of the molecule is O=C(O)C(c1ccccc1)N1CCN(C2CCCCC2)CC1. The molecular formula is C18H26N2O2. The van der Waals surface area contributed by atoms with Gasteiger partial charge in [0.15, 0.2) is 0 Å². The molecule has 120 valence electrons. The molecule has 0 amide bonds. The summed E-state index contributed by atoms with van der Waals surface area (Å²) in [5.41, 5.74) is 0.890. The molecular weight excluding hydrogens is 276 g/mol. The van der Waals surface area contributed by atoms with Gasteiger partial charge in [-0.15, -0.1) is 0 Å². The number of carbonyl (C=O) groups is 1. The molecule has 4 nitrogen and oxygen atoms in total. The van der Waals surface area contributed by atoms with Gasteiger partial charge in [0.2, 0.25) is 0 Å². The van der Waals surface area contributed by atoms with Crippen LogP contribution in [0.5, 0.6) is 0 Å². The molecule has 1 unspecified atom stereocenters. The zero-order chi connectivity index (χ0) is 15.4. The number of piperazine rings is 1. The van der Waals surface area contributed by atoms with Crippen molar-refractivity contribution in [1.82, 2.24) is 9.80 Å². The van der Waals surface area contributed by atoms with Gasteiger partial charge in [0, 0.05) is 32.2 Å². The average Bonchev–Trinajstić information content (AvgIpc) is 2.57. The third-order valence-electron chi connectivity index (χ3n) is 5.15. The van der Waals surface area contributed by atoms with Crippen LogP contribution < -0.4 is 0 Å². The number of benzene rings is 1. The largest absolute Gasteiger partial charge is 0.480 e. The molecule has 22 heavy (non-hydrogen) atoms. The van der Waals surface area contributed by atoms with Gasteiger partial charge in [0.05, 0.1) is 0 Å². The molecule has 1 aliphatic heterocycles. The first kappa shape index (κ1) is 15.5. The Hall–Kier alpha value is -1.39. The first-order valence-corrected chi connectivity index (χ1v) is 8.51. The van der Waals surface area contributed by atoms with Gasteiger partial charge in [-0.1, -0.05) is 49.6 Å². The highest BCUT2D eigenvalue weighted by Gasteiger charge is 2.32. The van der Waals surface area contributed by atoms with Crippen LogP contribution >= 0.6 is 0 Å². The number of carboxylic acids is 1. The summed E-state index contributed by atoms with van der Waals surface area (Å²) in [6, 6.07) is 9.85. The molecule has 1 saturated heterocycles. The number of aliphatic carboxylic acids is 1. The first-order valence-electron chi connectivity index (χ1n) is 8.51. The third-order valence-corrected chi connectivity index (χ3v) is 5.15. The Morgan fingerprint density at radius 1 is 1.00 bits per heavy atom. The Bertz CT molecular complexity index is 477. The maximum atomic E-state index is 11.7. The zero-order valence-electron chi connectivity index (χ0n) is 13.2. The first-order chi connectivity index (χ1) is 10.8. The minimum atomic E-state index is -0.739. The number of hydrogen-bond acceptors (Lipinski definition) is 3. The van der Waals surface area contributed by atoms with E-state index in [-0.39, 0.29) is 0 Å². The van der Waals surface area contributed by atoms with Crippen molar-refractivity contribution in [3.05, 3.63) is 35.9 Å². The lowest BCUT2D eigenvalue weighted by molar-refractivity contribution is -0.144. The van der Waals surface area contributed by atoms with E-state index in [4.69, 9.17) is 0 Å². The third kappa shape index (κ3) is 3.50. The summed E-state index contributed by atoms with van der Waals surface area (Å²) in [6.45, 7) is 3.70. The Labute approximate surface area is 132 Å². The monoisotopic (exact) mass is 302 g/mol. The van der Waals surface area contributed by atoms with E-state index in [1.54, 1.807) is 0 Å². The van der Waals surface area contributed by atoms with Crippen LogP contribution in [0.1, 0.15) is 43.7 Å². The molecule has 0 radical (unpaired) electrons. The normalized spacial score (nSPS) is 23.3. The maximum Gasteiger partial charge on any atom is 0.325 e. The van der Waals surface area contributed by atoms with Crippen LogP contribution in [0.4, 0.5) is 0 Å². The Morgan fingerprint density at radius 2 is 1.64 bits per heavy atom. The van der Waals surface area contributed by atoms with Crippen molar-refractivity contribution in [2.75, 3.05) is 26.2 Å². The summed E-state index contributed by atoms with van der Waals surface area (Å²) in [6.07, 6.45) is 6.73. The fourth-order valence-electron chi connectivity index (χ4n) is 3.95. The van der Waals surface area contributed by atoms with Gasteiger partial charge < -0.3 is 5.11 Å². The van der Waals surface area contributed by atoms with Gasteiger partial charge in [-0.05, 0) is 18.4 Å². The van der Waals surface area contributed by atoms with Crippen LogP contribution in [-0.4, -0.2) is 53.1 Å². The molecule has 0 spiro atoms. The summed E-state index contributed by atoms with van der Waals surface area (Å²) in [7, 11) is 0. The summed E-state index contributed by atoms with van der Waals surface area (Å²) < 4.78 is 0. The Morgan fingerprint density at radius 3 is 2.23 bits per heavy atom. The number of carboxylic acid groups (broad SMARTS) is 1. The zero-order valence-corrected chi connectivity index (χ0v) is 13.2. The van der Waals surface area contributed by atoms with Crippen molar-refractivity contribution in [1.29, 1.82) is 0 Å². The van der Waals surface area contributed by atoms with E-state index in [1.807, 2.05) is 30.3 Å². The van der Waals surface area contributed by atoms with Crippen molar-refractivity contribution >= 4 is 5.97 Å². The maximum absolute atomic E-state index is 11.7. The predicted octanol–water partition coefficient (Wildman–Crippen LogP) is 2.76. The highest BCUT2D eigenvalue weighted by molar-refractivity contribution is 5.75. The molecule has 1 aliphatic carbocycles. The van der Waals surface area contributed by atoms with Gasteiger partial charge in [-0.25, -0.2) is 0 Å². The van der Waals surface area contributed by atoms with Crippen molar-refractivity contribution in [2.45, 2.75) is 44.2 Å². The van der Waals surface area contributed by atoms with Gasteiger partial charge in [0.25, 0.3) is 0 Å². The molecule has 1 aromatic carbocycles. The standard InChI is InChI=1S/C18H26N2O2/c21-18(22)17(15-7-3-1-4-8-15)20-13-11-19(12-14-20)16-9-5-2-6-10-16/h1,3-4,7-8,16-17H,2,5-6,9-14H2,(H,21,22). The van der Waals surface area contributed by atoms with Crippen molar-refractivity contribution < 1.29 is 9.90 Å². The van der Waals surface area contributed by atoms with Crippen molar-refractivity contribution in [3.8, 4) is 0 Å². The lowest BCUT2D eigenvalue weighted by Gasteiger charge is -2.42.